The highest BCUT2D eigenvalue weighted by Gasteiger charge is 2.28. The first-order valence-corrected chi connectivity index (χ1v) is 10.6. The second kappa shape index (κ2) is 7.64. The van der Waals surface area contributed by atoms with Gasteiger partial charge in [-0.05, 0) is 65.3 Å². The summed E-state index contributed by atoms with van der Waals surface area (Å²) in [5.41, 5.74) is 3.62. The summed E-state index contributed by atoms with van der Waals surface area (Å²) in [5, 5.41) is 8.04. The Labute approximate surface area is 168 Å². The Morgan fingerprint density at radius 3 is 2.89 bits per heavy atom. The van der Waals surface area contributed by atoms with Crippen molar-refractivity contribution in [3.63, 3.8) is 0 Å². The van der Waals surface area contributed by atoms with Gasteiger partial charge in [0.2, 0.25) is 0 Å². The first kappa shape index (κ1) is 19.1. The van der Waals surface area contributed by atoms with E-state index in [-0.39, 0.29) is 5.91 Å². The van der Waals surface area contributed by atoms with E-state index < -0.39 is 0 Å². The van der Waals surface area contributed by atoms with Gasteiger partial charge in [0.25, 0.3) is 11.6 Å². The molecule has 148 valence electrons. The van der Waals surface area contributed by atoms with Crippen LogP contribution in [-0.4, -0.2) is 47.6 Å². The SMILES string of the molecule is CNC[C@@H]1CCCN(C(=O)c2cc(-c3cc(C)sc3C)nc3onc(C)c23)C1. The van der Waals surface area contributed by atoms with E-state index in [1.165, 1.54) is 9.75 Å². The lowest BCUT2D eigenvalue weighted by Gasteiger charge is -2.33. The Morgan fingerprint density at radius 1 is 1.36 bits per heavy atom. The summed E-state index contributed by atoms with van der Waals surface area (Å²) in [6.07, 6.45) is 2.19. The third-order valence-electron chi connectivity index (χ3n) is 5.46. The maximum Gasteiger partial charge on any atom is 0.259 e. The van der Waals surface area contributed by atoms with Crippen molar-refractivity contribution in [1.29, 1.82) is 0 Å². The monoisotopic (exact) mass is 398 g/mol. The molecule has 1 fully saturated rings. The number of hydrogen-bond acceptors (Lipinski definition) is 6. The number of rotatable bonds is 4. The van der Waals surface area contributed by atoms with Gasteiger partial charge in [-0.25, -0.2) is 4.98 Å². The van der Waals surface area contributed by atoms with Gasteiger partial charge in [0.1, 0.15) is 0 Å². The molecule has 0 aromatic carbocycles. The number of amides is 1. The maximum atomic E-state index is 13.5. The largest absolute Gasteiger partial charge is 0.338 e. The van der Waals surface area contributed by atoms with Crippen LogP contribution in [0.4, 0.5) is 0 Å². The zero-order valence-corrected chi connectivity index (χ0v) is 17.7. The molecule has 1 aliphatic heterocycles. The summed E-state index contributed by atoms with van der Waals surface area (Å²) in [6.45, 7) is 8.53. The van der Waals surface area contributed by atoms with E-state index in [1.54, 1.807) is 11.3 Å². The Morgan fingerprint density at radius 2 is 2.18 bits per heavy atom. The van der Waals surface area contributed by atoms with Crippen LogP contribution in [0.2, 0.25) is 0 Å². The highest BCUT2D eigenvalue weighted by atomic mass is 32.1. The molecule has 0 saturated carbocycles. The summed E-state index contributed by atoms with van der Waals surface area (Å²) in [7, 11) is 1.96. The molecule has 1 atom stereocenters. The highest BCUT2D eigenvalue weighted by molar-refractivity contribution is 7.12. The predicted octanol–water partition coefficient (Wildman–Crippen LogP) is 3.95. The van der Waals surface area contributed by atoms with Crippen LogP contribution in [0.25, 0.3) is 22.4 Å². The standard InChI is InChI=1S/C21H26N4O2S/c1-12-8-16(14(3)28-12)18-9-17(19-13(2)24-27-20(19)23-18)21(26)25-7-5-6-15(11-25)10-22-4/h8-9,15,22H,5-7,10-11H2,1-4H3/t15-/m0/s1. The minimum Gasteiger partial charge on any atom is -0.338 e. The molecular weight excluding hydrogens is 372 g/mol. The number of fused-ring (bicyclic) bond motifs is 1. The van der Waals surface area contributed by atoms with Crippen LogP contribution in [0.5, 0.6) is 0 Å². The van der Waals surface area contributed by atoms with Crippen molar-refractivity contribution in [3.8, 4) is 11.3 Å². The van der Waals surface area contributed by atoms with Gasteiger partial charge < -0.3 is 14.7 Å². The Kier molecular flexibility index (Phi) is 5.21. The van der Waals surface area contributed by atoms with Crippen molar-refractivity contribution >= 4 is 28.3 Å². The van der Waals surface area contributed by atoms with E-state index in [9.17, 15) is 4.79 Å². The zero-order chi connectivity index (χ0) is 19.8. The average molecular weight is 399 g/mol. The third-order valence-corrected chi connectivity index (χ3v) is 6.43. The Bertz CT molecular complexity index is 1020. The topological polar surface area (TPSA) is 71.3 Å². The van der Waals surface area contributed by atoms with Gasteiger partial charge in [0.05, 0.1) is 22.3 Å². The number of aryl methyl sites for hydroxylation is 3. The van der Waals surface area contributed by atoms with Crippen molar-refractivity contribution in [2.24, 2.45) is 5.92 Å². The number of nitrogens with zero attached hydrogens (tertiary/aromatic N) is 3. The molecule has 1 saturated heterocycles. The molecule has 7 heteroatoms. The lowest BCUT2D eigenvalue weighted by molar-refractivity contribution is 0.0676. The molecule has 4 rings (SSSR count). The first-order valence-electron chi connectivity index (χ1n) is 9.76. The van der Waals surface area contributed by atoms with Crippen LogP contribution < -0.4 is 5.32 Å². The molecule has 28 heavy (non-hydrogen) atoms. The molecule has 4 heterocycles. The van der Waals surface area contributed by atoms with Gasteiger partial charge in [0.15, 0.2) is 0 Å². The van der Waals surface area contributed by atoms with Gasteiger partial charge in [0, 0.05) is 28.4 Å². The van der Waals surface area contributed by atoms with Gasteiger partial charge >= 0.3 is 0 Å². The number of pyridine rings is 1. The van der Waals surface area contributed by atoms with Crippen molar-refractivity contribution in [1.82, 2.24) is 20.4 Å². The fraction of sp³-hybridized carbons (Fsp3) is 0.476. The molecule has 1 amide bonds. The van der Waals surface area contributed by atoms with Gasteiger partial charge in [-0.15, -0.1) is 11.3 Å². The Hall–Kier alpha value is -2.25. The summed E-state index contributed by atoms with van der Waals surface area (Å²) in [6, 6.07) is 4.04. The molecule has 0 unspecified atom stereocenters. The van der Waals surface area contributed by atoms with E-state index in [2.05, 4.69) is 35.4 Å². The van der Waals surface area contributed by atoms with Crippen LogP contribution in [0.1, 0.15) is 38.6 Å². The number of aromatic nitrogens is 2. The van der Waals surface area contributed by atoms with Crippen molar-refractivity contribution in [2.75, 3.05) is 26.7 Å². The van der Waals surface area contributed by atoms with Crippen LogP contribution in [-0.2, 0) is 0 Å². The quantitative estimate of drug-likeness (QED) is 0.721. The minimum atomic E-state index is 0.0466. The first-order chi connectivity index (χ1) is 13.5. The third kappa shape index (κ3) is 3.44. The van der Waals surface area contributed by atoms with Crippen molar-refractivity contribution in [2.45, 2.75) is 33.6 Å². The Balaban J connectivity index is 1.77. The lowest BCUT2D eigenvalue weighted by atomic mass is 9.96. The van der Waals surface area contributed by atoms with E-state index in [0.717, 1.165) is 49.1 Å². The maximum absolute atomic E-state index is 13.5. The fourth-order valence-corrected chi connectivity index (χ4v) is 5.09. The zero-order valence-electron chi connectivity index (χ0n) is 16.8. The van der Waals surface area contributed by atoms with E-state index >= 15 is 0 Å². The molecular formula is C21H26N4O2S. The number of carbonyl (C=O) groups excluding carboxylic acids is 1. The molecule has 1 N–H and O–H groups in total. The highest BCUT2D eigenvalue weighted by Crippen LogP contribution is 2.33. The van der Waals surface area contributed by atoms with E-state index in [4.69, 9.17) is 4.52 Å². The second-order valence-electron chi connectivity index (χ2n) is 7.65. The summed E-state index contributed by atoms with van der Waals surface area (Å²) in [5.74, 6) is 0.537. The molecule has 6 nitrogen and oxygen atoms in total. The van der Waals surface area contributed by atoms with Crippen LogP contribution >= 0.6 is 11.3 Å². The summed E-state index contributed by atoms with van der Waals surface area (Å²) in [4.78, 5) is 22.6. The molecule has 3 aromatic rings. The number of nitrogens with one attached hydrogen (secondary N) is 1. The molecule has 3 aromatic heterocycles. The molecule has 0 spiro atoms. The lowest BCUT2D eigenvalue weighted by Crippen LogP contribution is -2.42. The van der Waals surface area contributed by atoms with Crippen molar-refractivity contribution < 1.29 is 9.32 Å². The molecule has 1 aliphatic rings. The summed E-state index contributed by atoms with van der Waals surface area (Å²) < 4.78 is 5.46. The number of carbonyl (C=O) groups is 1. The minimum absolute atomic E-state index is 0.0466. The molecule has 0 aliphatic carbocycles. The predicted molar refractivity (Wildman–Crippen MR) is 112 cm³/mol. The number of likely N-dealkylation sites (tertiary alicyclic amines) is 1. The van der Waals surface area contributed by atoms with Gasteiger partial charge in [-0.3, -0.25) is 4.79 Å². The number of hydrogen-bond donors (Lipinski definition) is 1. The van der Waals surface area contributed by atoms with Gasteiger partial charge in [-0.1, -0.05) is 5.16 Å². The van der Waals surface area contributed by atoms with Crippen LogP contribution in [0, 0.1) is 26.7 Å². The summed E-state index contributed by atoms with van der Waals surface area (Å²) >= 11 is 1.73. The molecule has 0 radical (unpaired) electrons. The number of piperidine rings is 1. The second-order valence-corrected chi connectivity index (χ2v) is 9.11. The van der Waals surface area contributed by atoms with Crippen LogP contribution in [0.3, 0.4) is 0 Å². The average Bonchev–Trinajstić information content (AvgIpc) is 3.22. The van der Waals surface area contributed by atoms with E-state index in [1.807, 2.05) is 24.9 Å². The number of thiophene rings is 1. The van der Waals surface area contributed by atoms with E-state index in [0.29, 0.717) is 22.9 Å². The smallest absolute Gasteiger partial charge is 0.259 e. The van der Waals surface area contributed by atoms with Gasteiger partial charge in [-0.2, -0.15) is 0 Å². The van der Waals surface area contributed by atoms with Crippen molar-refractivity contribution in [3.05, 3.63) is 33.1 Å². The van der Waals surface area contributed by atoms with Crippen LogP contribution in [0.15, 0.2) is 16.7 Å². The molecule has 0 bridgehead atoms. The fourth-order valence-electron chi connectivity index (χ4n) is 4.16. The normalized spacial score (nSPS) is 17.4.